The first-order valence-corrected chi connectivity index (χ1v) is 8.40. The SMILES string of the molecule is COc1cc(S(=O)(=O)N(C)C2CCCN(C)C2)ccc1N. The number of likely N-dealkylation sites (N-methyl/N-ethyl adjacent to an activating group) is 2. The highest BCUT2D eigenvalue weighted by atomic mass is 32.2. The van der Waals surface area contributed by atoms with Gasteiger partial charge >= 0.3 is 0 Å². The van der Waals surface area contributed by atoms with Gasteiger partial charge in [-0.3, -0.25) is 0 Å². The topological polar surface area (TPSA) is 75.9 Å². The first-order chi connectivity index (χ1) is 9.86. The number of piperidine rings is 1. The standard InChI is InChI=1S/C14H23N3O3S/c1-16-8-4-5-11(10-16)17(2)21(18,19)12-6-7-13(15)14(9-12)20-3/h6-7,9,11H,4-5,8,10,15H2,1-3H3. The summed E-state index contributed by atoms with van der Waals surface area (Å²) < 4.78 is 32.0. The molecular formula is C14H23N3O3S. The van der Waals surface area contributed by atoms with E-state index in [9.17, 15) is 8.42 Å². The lowest BCUT2D eigenvalue weighted by molar-refractivity contribution is 0.187. The van der Waals surface area contributed by atoms with Crippen LogP contribution in [0.15, 0.2) is 23.1 Å². The highest BCUT2D eigenvalue weighted by Crippen LogP contribution is 2.28. The number of ether oxygens (including phenoxy) is 1. The van der Waals surface area contributed by atoms with Crippen LogP contribution in [0.25, 0.3) is 0 Å². The summed E-state index contributed by atoms with van der Waals surface area (Å²) in [6.45, 7) is 1.77. The molecule has 1 aromatic rings. The third kappa shape index (κ3) is 3.30. The van der Waals surface area contributed by atoms with Gasteiger partial charge in [0.25, 0.3) is 0 Å². The van der Waals surface area contributed by atoms with Crippen LogP contribution in [-0.2, 0) is 10.0 Å². The van der Waals surface area contributed by atoms with Crippen molar-refractivity contribution in [2.45, 2.75) is 23.8 Å². The van der Waals surface area contributed by atoms with Crippen LogP contribution in [0.2, 0.25) is 0 Å². The van der Waals surface area contributed by atoms with E-state index in [1.807, 2.05) is 7.05 Å². The molecular weight excluding hydrogens is 290 g/mol. The molecule has 21 heavy (non-hydrogen) atoms. The molecule has 1 aliphatic rings. The lowest BCUT2D eigenvalue weighted by atomic mass is 10.1. The van der Waals surface area contributed by atoms with Gasteiger partial charge in [-0.15, -0.1) is 0 Å². The molecule has 1 aliphatic heterocycles. The molecule has 2 N–H and O–H groups in total. The molecule has 0 spiro atoms. The predicted molar refractivity (Wildman–Crippen MR) is 82.9 cm³/mol. The molecule has 0 amide bonds. The third-order valence-corrected chi connectivity index (χ3v) is 5.90. The normalized spacial score (nSPS) is 20.7. The minimum Gasteiger partial charge on any atom is -0.495 e. The van der Waals surface area contributed by atoms with E-state index < -0.39 is 10.0 Å². The van der Waals surface area contributed by atoms with Crippen molar-refractivity contribution in [3.8, 4) is 5.75 Å². The number of anilines is 1. The monoisotopic (exact) mass is 313 g/mol. The van der Waals surface area contributed by atoms with Gasteiger partial charge in [0.15, 0.2) is 0 Å². The number of hydrogen-bond acceptors (Lipinski definition) is 5. The van der Waals surface area contributed by atoms with Crippen LogP contribution in [0.4, 0.5) is 5.69 Å². The van der Waals surface area contributed by atoms with Crippen molar-refractivity contribution in [3.05, 3.63) is 18.2 Å². The number of nitrogens with zero attached hydrogens (tertiary/aromatic N) is 2. The lowest BCUT2D eigenvalue weighted by Crippen LogP contribution is -2.47. The fourth-order valence-corrected chi connectivity index (χ4v) is 4.04. The van der Waals surface area contributed by atoms with E-state index in [1.54, 1.807) is 13.1 Å². The molecule has 1 atom stereocenters. The van der Waals surface area contributed by atoms with Crippen molar-refractivity contribution in [1.82, 2.24) is 9.21 Å². The number of rotatable bonds is 4. The van der Waals surface area contributed by atoms with E-state index >= 15 is 0 Å². The van der Waals surface area contributed by atoms with Gasteiger partial charge in [0.2, 0.25) is 10.0 Å². The fourth-order valence-electron chi connectivity index (χ4n) is 2.65. The van der Waals surface area contributed by atoms with E-state index in [4.69, 9.17) is 10.5 Å². The van der Waals surface area contributed by atoms with Crippen molar-refractivity contribution < 1.29 is 13.2 Å². The van der Waals surface area contributed by atoms with Gasteiger partial charge in [-0.1, -0.05) is 0 Å². The van der Waals surface area contributed by atoms with Gasteiger partial charge in [-0.05, 0) is 38.6 Å². The zero-order valence-corrected chi connectivity index (χ0v) is 13.6. The van der Waals surface area contributed by atoms with E-state index in [0.29, 0.717) is 11.4 Å². The Morgan fingerprint density at radius 1 is 1.43 bits per heavy atom. The maximum absolute atomic E-state index is 12.7. The Kier molecular flexibility index (Phi) is 4.75. The average molecular weight is 313 g/mol. The Morgan fingerprint density at radius 3 is 2.76 bits per heavy atom. The molecule has 7 heteroatoms. The maximum atomic E-state index is 12.7. The Morgan fingerprint density at radius 2 is 2.14 bits per heavy atom. The fraction of sp³-hybridized carbons (Fsp3) is 0.571. The van der Waals surface area contributed by atoms with Gasteiger partial charge < -0.3 is 15.4 Å². The quantitative estimate of drug-likeness (QED) is 0.839. The first-order valence-electron chi connectivity index (χ1n) is 6.96. The highest BCUT2D eigenvalue weighted by Gasteiger charge is 2.30. The number of sulfonamides is 1. The molecule has 0 radical (unpaired) electrons. The summed E-state index contributed by atoms with van der Waals surface area (Å²) in [5.41, 5.74) is 6.17. The summed E-state index contributed by atoms with van der Waals surface area (Å²) >= 11 is 0. The Labute approximate surface area is 126 Å². The zero-order valence-electron chi connectivity index (χ0n) is 12.7. The highest BCUT2D eigenvalue weighted by molar-refractivity contribution is 7.89. The summed E-state index contributed by atoms with van der Waals surface area (Å²) in [7, 11) is 1.59. The summed E-state index contributed by atoms with van der Waals surface area (Å²) in [4.78, 5) is 2.37. The van der Waals surface area contributed by atoms with Crippen LogP contribution < -0.4 is 10.5 Å². The predicted octanol–water partition coefficient (Wildman–Crippen LogP) is 0.992. The molecule has 1 saturated heterocycles. The molecule has 0 aromatic heterocycles. The molecule has 1 heterocycles. The van der Waals surface area contributed by atoms with Crippen LogP contribution in [-0.4, -0.2) is 58.0 Å². The van der Waals surface area contributed by atoms with E-state index in [1.165, 1.54) is 23.5 Å². The average Bonchev–Trinajstić information content (AvgIpc) is 2.46. The molecule has 0 bridgehead atoms. The molecule has 1 unspecified atom stereocenters. The van der Waals surface area contributed by atoms with Crippen molar-refractivity contribution in [3.63, 3.8) is 0 Å². The number of methoxy groups -OCH3 is 1. The van der Waals surface area contributed by atoms with Crippen molar-refractivity contribution in [2.24, 2.45) is 0 Å². The summed E-state index contributed by atoms with van der Waals surface area (Å²) in [5.74, 6) is 0.380. The van der Waals surface area contributed by atoms with E-state index in [-0.39, 0.29) is 10.9 Å². The molecule has 118 valence electrons. The van der Waals surface area contributed by atoms with Crippen LogP contribution in [0.5, 0.6) is 5.75 Å². The van der Waals surface area contributed by atoms with E-state index in [0.717, 1.165) is 25.9 Å². The Bertz CT molecular complexity index is 603. The van der Waals surface area contributed by atoms with Gasteiger partial charge in [0, 0.05) is 25.7 Å². The third-order valence-electron chi connectivity index (χ3n) is 4.00. The number of benzene rings is 1. The number of nitrogens with two attached hydrogens (primary N) is 1. The number of hydrogen-bond donors (Lipinski definition) is 1. The Balaban J connectivity index is 2.28. The van der Waals surface area contributed by atoms with Gasteiger partial charge in [-0.2, -0.15) is 4.31 Å². The molecule has 1 aromatic carbocycles. The van der Waals surface area contributed by atoms with Gasteiger partial charge in [-0.25, -0.2) is 8.42 Å². The Hall–Kier alpha value is -1.31. The second-order valence-corrected chi connectivity index (χ2v) is 7.48. The van der Waals surface area contributed by atoms with Crippen LogP contribution in [0.1, 0.15) is 12.8 Å². The second-order valence-electron chi connectivity index (χ2n) is 5.48. The van der Waals surface area contributed by atoms with Crippen LogP contribution >= 0.6 is 0 Å². The zero-order chi connectivity index (χ0) is 15.6. The second kappa shape index (κ2) is 6.21. The van der Waals surface area contributed by atoms with Gasteiger partial charge in [0.05, 0.1) is 17.7 Å². The van der Waals surface area contributed by atoms with Crippen LogP contribution in [0, 0.1) is 0 Å². The summed E-state index contributed by atoms with van der Waals surface area (Å²) in [6.07, 6.45) is 1.89. The van der Waals surface area contributed by atoms with Crippen molar-refractivity contribution in [1.29, 1.82) is 0 Å². The maximum Gasteiger partial charge on any atom is 0.243 e. The summed E-state index contributed by atoms with van der Waals surface area (Å²) in [6, 6.07) is 4.56. The summed E-state index contributed by atoms with van der Waals surface area (Å²) in [5, 5.41) is 0. The van der Waals surface area contributed by atoms with Crippen molar-refractivity contribution >= 4 is 15.7 Å². The number of nitrogen functional groups attached to an aromatic ring is 1. The molecule has 0 saturated carbocycles. The first kappa shape index (κ1) is 16.1. The molecule has 0 aliphatic carbocycles. The van der Waals surface area contributed by atoms with Crippen molar-refractivity contribution in [2.75, 3.05) is 40.0 Å². The van der Waals surface area contributed by atoms with Crippen LogP contribution in [0.3, 0.4) is 0 Å². The van der Waals surface area contributed by atoms with E-state index in [2.05, 4.69) is 4.90 Å². The minimum absolute atomic E-state index is 0.00250. The molecule has 1 fully saturated rings. The lowest BCUT2D eigenvalue weighted by Gasteiger charge is -2.35. The smallest absolute Gasteiger partial charge is 0.243 e. The molecule has 6 nitrogen and oxygen atoms in total. The largest absolute Gasteiger partial charge is 0.495 e. The molecule has 2 rings (SSSR count). The van der Waals surface area contributed by atoms with Gasteiger partial charge in [0.1, 0.15) is 5.75 Å². The minimum atomic E-state index is -3.54. The number of likely N-dealkylation sites (tertiary alicyclic amines) is 1.